The summed E-state index contributed by atoms with van der Waals surface area (Å²) >= 11 is 12.5. The fraction of sp³-hybridized carbons (Fsp3) is 0.320. The smallest absolute Gasteiger partial charge is 0.256 e. The first-order valence-electron chi connectivity index (χ1n) is 11.1. The molecule has 0 radical (unpaired) electrons. The highest BCUT2D eigenvalue weighted by Gasteiger charge is 2.25. The number of aromatic nitrogens is 2. The summed E-state index contributed by atoms with van der Waals surface area (Å²) in [6, 6.07) is 8.29. The molecule has 4 rings (SSSR count). The third-order valence-corrected chi connectivity index (χ3v) is 6.84. The number of ether oxygens (including phenoxy) is 1. The molecule has 184 valence electrons. The number of nitrogens with zero attached hydrogens (tertiary/aromatic N) is 3. The summed E-state index contributed by atoms with van der Waals surface area (Å²) in [5.41, 5.74) is 8.93. The van der Waals surface area contributed by atoms with Crippen LogP contribution in [0.1, 0.15) is 40.2 Å². The fourth-order valence-corrected chi connectivity index (χ4v) is 5.11. The van der Waals surface area contributed by atoms with Crippen molar-refractivity contribution in [3.8, 4) is 17.1 Å². The molecule has 1 fully saturated rings. The lowest BCUT2D eigenvalue weighted by atomic mass is 9.87. The third-order valence-electron chi connectivity index (χ3n) is 6.24. The lowest BCUT2D eigenvalue weighted by Crippen LogP contribution is -2.29. The third kappa shape index (κ3) is 5.34. The number of carbonyl (C=O) groups is 1. The largest absolute Gasteiger partial charge is 0.480 e. The molecule has 0 bridgehead atoms. The molecular formula is C25H26Cl2FN5O2. The van der Waals surface area contributed by atoms with Gasteiger partial charge in [0.1, 0.15) is 11.4 Å². The van der Waals surface area contributed by atoms with Gasteiger partial charge in [-0.15, -0.1) is 0 Å². The van der Waals surface area contributed by atoms with E-state index in [2.05, 4.69) is 40.2 Å². The van der Waals surface area contributed by atoms with E-state index < -0.39 is 11.7 Å². The number of hydrogen-bond acceptors (Lipinski definition) is 6. The lowest BCUT2D eigenvalue weighted by molar-refractivity contribution is 0.0997. The number of piperidine rings is 1. The van der Waals surface area contributed by atoms with Crippen molar-refractivity contribution in [1.82, 2.24) is 14.9 Å². The molecule has 0 unspecified atom stereocenters. The van der Waals surface area contributed by atoms with Gasteiger partial charge in [-0.05, 0) is 81.2 Å². The van der Waals surface area contributed by atoms with Gasteiger partial charge < -0.3 is 20.7 Å². The molecular weight excluding hydrogens is 492 g/mol. The van der Waals surface area contributed by atoms with Gasteiger partial charge in [-0.1, -0.05) is 29.3 Å². The van der Waals surface area contributed by atoms with Crippen LogP contribution < -0.4 is 15.8 Å². The van der Waals surface area contributed by atoms with Crippen LogP contribution in [0.4, 0.5) is 16.0 Å². The van der Waals surface area contributed by atoms with Gasteiger partial charge in [-0.25, -0.2) is 9.37 Å². The zero-order chi connectivity index (χ0) is 25.3. The molecule has 3 aromatic rings. The summed E-state index contributed by atoms with van der Waals surface area (Å²) in [7, 11) is 3.51. The molecule has 1 aromatic heterocycles. The molecule has 0 aliphatic carbocycles. The van der Waals surface area contributed by atoms with Crippen LogP contribution in [0.25, 0.3) is 11.3 Å². The Labute approximate surface area is 213 Å². The SMILES string of the molecule is COc1nc(Nc2ccc(C3CCN(C)CC3)c(C)c2)nc(-c2c(Cl)cc(F)cc2Cl)c1C(N)=O. The summed E-state index contributed by atoms with van der Waals surface area (Å²) < 4.78 is 19.1. The second-order valence-electron chi connectivity index (χ2n) is 8.66. The van der Waals surface area contributed by atoms with Gasteiger partial charge in [0.05, 0.1) is 22.8 Å². The number of aryl methyl sites for hydroxylation is 1. The number of benzene rings is 2. The zero-order valence-corrected chi connectivity index (χ0v) is 21.2. The Morgan fingerprint density at radius 1 is 1.17 bits per heavy atom. The first kappa shape index (κ1) is 25.2. The standard InChI is InChI=1S/C25H26Cl2FN5O2/c1-13-10-16(4-5-17(13)14-6-8-33(2)9-7-14)30-25-31-22(21(23(29)34)24(32-25)35-3)20-18(26)11-15(28)12-19(20)27/h4-5,10-12,14H,6-9H2,1-3H3,(H2,29,34)(H,30,31,32). The second kappa shape index (κ2) is 10.4. The minimum absolute atomic E-state index is 0.0254. The number of anilines is 2. The van der Waals surface area contributed by atoms with E-state index in [0.717, 1.165) is 49.3 Å². The van der Waals surface area contributed by atoms with E-state index in [4.69, 9.17) is 33.7 Å². The molecule has 1 aliphatic rings. The molecule has 2 heterocycles. The van der Waals surface area contributed by atoms with Crippen LogP contribution in [0.2, 0.25) is 10.0 Å². The number of likely N-dealkylation sites (tertiary alicyclic amines) is 1. The Morgan fingerprint density at radius 3 is 2.40 bits per heavy atom. The number of nitrogens with two attached hydrogens (primary N) is 1. The molecule has 1 aliphatic heterocycles. The van der Waals surface area contributed by atoms with Crippen LogP contribution in [0.5, 0.6) is 5.88 Å². The van der Waals surface area contributed by atoms with Crippen LogP contribution in [0.15, 0.2) is 30.3 Å². The van der Waals surface area contributed by atoms with Crippen molar-refractivity contribution in [3.05, 3.63) is 62.9 Å². The zero-order valence-electron chi connectivity index (χ0n) is 19.7. The number of halogens is 3. The van der Waals surface area contributed by atoms with Crippen molar-refractivity contribution in [2.45, 2.75) is 25.7 Å². The van der Waals surface area contributed by atoms with Crippen molar-refractivity contribution >= 4 is 40.7 Å². The molecule has 3 N–H and O–H groups in total. The molecule has 0 atom stereocenters. The Balaban J connectivity index is 1.73. The normalized spacial score (nSPS) is 14.7. The molecule has 7 nitrogen and oxygen atoms in total. The average molecular weight is 518 g/mol. The summed E-state index contributed by atoms with van der Waals surface area (Å²) in [6.45, 7) is 4.25. The molecule has 35 heavy (non-hydrogen) atoms. The van der Waals surface area contributed by atoms with E-state index in [1.54, 1.807) is 0 Å². The highest BCUT2D eigenvalue weighted by molar-refractivity contribution is 6.39. The second-order valence-corrected chi connectivity index (χ2v) is 9.48. The van der Waals surface area contributed by atoms with Gasteiger partial charge >= 0.3 is 0 Å². The van der Waals surface area contributed by atoms with Crippen LogP contribution >= 0.6 is 23.2 Å². The van der Waals surface area contributed by atoms with E-state index in [9.17, 15) is 9.18 Å². The highest BCUT2D eigenvalue weighted by Crippen LogP contribution is 2.39. The lowest BCUT2D eigenvalue weighted by Gasteiger charge is -2.30. The summed E-state index contributed by atoms with van der Waals surface area (Å²) in [5.74, 6) is -0.839. The number of primary amides is 1. The Bertz CT molecular complexity index is 1260. The van der Waals surface area contributed by atoms with Crippen molar-refractivity contribution in [1.29, 1.82) is 0 Å². The van der Waals surface area contributed by atoms with Gasteiger partial charge in [0.15, 0.2) is 0 Å². The molecule has 0 spiro atoms. The maximum absolute atomic E-state index is 13.8. The monoisotopic (exact) mass is 517 g/mol. The van der Waals surface area contributed by atoms with Crippen LogP contribution in [-0.2, 0) is 0 Å². The van der Waals surface area contributed by atoms with Gasteiger partial charge in [0.2, 0.25) is 11.8 Å². The van der Waals surface area contributed by atoms with Gasteiger partial charge in [-0.3, -0.25) is 4.79 Å². The van der Waals surface area contributed by atoms with E-state index in [1.165, 1.54) is 12.7 Å². The molecule has 1 amide bonds. The minimum Gasteiger partial charge on any atom is -0.480 e. The van der Waals surface area contributed by atoms with Crippen molar-refractivity contribution < 1.29 is 13.9 Å². The molecule has 2 aromatic carbocycles. The van der Waals surface area contributed by atoms with Gasteiger partial charge in [0.25, 0.3) is 5.91 Å². The van der Waals surface area contributed by atoms with Crippen molar-refractivity contribution in [2.75, 3.05) is 32.6 Å². The highest BCUT2D eigenvalue weighted by atomic mass is 35.5. The van der Waals surface area contributed by atoms with Crippen LogP contribution in [0.3, 0.4) is 0 Å². The topological polar surface area (TPSA) is 93.4 Å². The number of methoxy groups -OCH3 is 1. The van der Waals surface area contributed by atoms with Crippen molar-refractivity contribution in [2.24, 2.45) is 5.73 Å². The number of nitrogens with one attached hydrogen (secondary N) is 1. The Hall–Kier alpha value is -2.94. The average Bonchev–Trinajstić information content (AvgIpc) is 2.78. The Kier molecular flexibility index (Phi) is 7.44. The predicted molar refractivity (Wildman–Crippen MR) is 136 cm³/mol. The first-order chi connectivity index (χ1) is 16.7. The number of hydrogen-bond donors (Lipinski definition) is 2. The van der Waals surface area contributed by atoms with Gasteiger partial charge in [-0.2, -0.15) is 4.98 Å². The van der Waals surface area contributed by atoms with Crippen LogP contribution in [0, 0.1) is 12.7 Å². The quantitative estimate of drug-likeness (QED) is 0.444. The number of carbonyl (C=O) groups excluding carboxylic acids is 1. The number of amides is 1. The summed E-state index contributed by atoms with van der Waals surface area (Å²) in [6.07, 6.45) is 2.25. The van der Waals surface area contributed by atoms with Crippen molar-refractivity contribution in [3.63, 3.8) is 0 Å². The Morgan fingerprint density at radius 2 is 1.83 bits per heavy atom. The number of rotatable bonds is 6. The summed E-state index contributed by atoms with van der Waals surface area (Å²) in [5, 5.41) is 3.11. The maximum Gasteiger partial charge on any atom is 0.256 e. The molecule has 1 saturated heterocycles. The first-order valence-corrected chi connectivity index (χ1v) is 11.9. The van der Waals surface area contributed by atoms with E-state index >= 15 is 0 Å². The fourth-order valence-electron chi connectivity index (χ4n) is 4.48. The van der Waals surface area contributed by atoms with E-state index in [1.807, 2.05) is 12.1 Å². The minimum atomic E-state index is -0.835. The van der Waals surface area contributed by atoms with E-state index in [0.29, 0.717) is 5.92 Å². The van der Waals surface area contributed by atoms with Crippen LogP contribution in [-0.4, -0.2) is 48.0 Å². The molecule has 0 saturated carbocycles. The maximum atomic E-state index is 13.8. The summed E-state index contributed by atoms with van der Waals surface area (Å²) in [4.78, 5) is 23.4. The molecule has 10 heteroatoms. The predicted octanol–water partition coefficient (Wildman–Crippen LogP) is 5.56. The van der Waals surface area contributed by atoms with Gasteiger partial charge in [0, 0.05) is 11.3 Å². The van der Waals surface area contributed by atoms with E-state index in [-0.39, 0.29) is 38.7 Å².